The molecule has 1 aliphatic heterocycles. The minimum absolute atomic E-state index is 0.122. The molecule has 0 aromatic rings. The molecule has 23 heavy (non-hydrogen) atoms. The topological polar surface area (TPSA) is 61.9 Å². The minimum atomic E-state index is -0.243. The first kappa shape index (κ1) is 19.7. The lowest BCUT2D eigenvalue weighted by molar-refractivity contribution is -0.122. The smallest absolute Gasteiger partial charge is 0.409 e. The highest BCUT2D eigenvalue weighted by Crippen LogP contribution is 2.11. The zero-order valence-electron chi connectivity index (χ0n) is 15.0. The third-order valence-electron chi connectivity index (χ3n) is 4.12. The summed E-state index contributed by atoms with van der Waals surface area (Å²) in [5, 5.41) is 3.11. The number of piperidine rings is 1. The fourth-order valence-corrected chi connectivity index (χ4v) is 2.95. The molecule has 1 rings (SSSR count). The number of amides is 2. The van der Waals surface area contributed by atoms with Crippen LogP contribution in [0, 0.1) is 0 Å². The van der Waals surface area contributed by atoms with Crippen molar-refractivity contribution in [2.24, 2.45) is 0 Å². The number of nitrogens with zero attached hydrogens (tertiary/aromatic N) is 2. The summed E-state index contributed by atoms with van der Waals surface area (Å²) in [7, 11) is 0. The second-order valence-corrected chi connectivity index (χ2v) is 6.12. The molecule has 134 valence electrons. The summed E-state index contributed by atoms with van der Waals surface area (Å²) >= 11 is 0. The van der Waals surface area contributed by atoms with E-state index in [0.29, 0.717) is 26.1 Å². The summed E-state index contributed by atoms with van der Waals surface area (Å²) in [6.45, 7) is 10.8. The molecule has 0 atom stereocenters. The van der Waals surface area contributed by atoms with E-state index in [1.165, 1.54) is 0 Å². The fourth-order valence-electron chi connectivity index (χ4n) is 2.95. The van der Waals surface area contributed by atoms with Gasteiger partial charge >= 0.3 is 6.09 Å². The van der Waals surface area contributed by atoms with Crippen LogP contribution in [-0.2, 0) is 9.53 Å². The lowest BCUT2D eigenvalue weighted by atomic mass is 10.1. The van der Waals surface area contributed by atoms with E-state index in [0.717, 1.165) is 45.3 Å². The van der Waals surface area contributed by atoms with E-state index in [4.69, 9.17) is 4.74 Å². The van der Waals surface area contributed by atoms with E-state index in [9.17, 15) is 9.59 Å². The fraction of sp³-hybridized carbons (Fsp3) is 0.882. The van der Waals surface area contributed by atoms with Crippen molar-refractivity contribution in [3.63, 3.8) is 0 Å². The molecule has 0 unspecified atom stereocenters. The third-order valence-corrected chi connectivity index (χ3v) is 4.12. The normalized spacial score (nSPS) is 15.7. The number of likely N-dealkylation sites (tertiary alicyclic amines) is 1. The average molecular weight is 327 g/mol. The van der Waals surface area contributed by atoms with Crippen LogP contribution in [0.1, 0.15) is 52.9 Å². The van der Waals surface area contributed by atoms with Gasteiger partial charge in [-0.05, 0) is 45.7 Å². The Morgan fingerprint density at radius 3 is 2.22 bits per heavy atom. The van der Waals surface area contributed by atoms with Gasteiger partial charge in [-0.2, -0.15) is 0 Å². The molecule has 1 N–H and O–H groups in total. The summed E-state index contributed by atoms with van der Waals surface area (Å²) < 4.78 is 5.00. The Labute approximate surface area is 140 Å². The Kier molecular flexibility index (Phi) is 9.67. The summed E-state index contributed by atoms with van der Waals surface area (Å²) in [6, 6.07) is 0.180. The number of hydrogen-bond acceptors (Lipinski definition) is 4. The molecule has 0 saturated carbocycles. The SMILES string of the molecule is CCCN(CCC)CCC(=O)NC1CCN(C(=O)OCC)CC1. The molecule has 0 aromatic heterocycles. The number of hydrogen-bond donors (Lipinski definition) is 1. The molecular weight excluding hydrogens is 294 g/mol. The van der Waals surface area contributed by atoms with Crippen LogP contribution in [0.4, 0.5) is 4.79 Å². The van der Waals surface area contributed by atoms with Crippen LogP contribution >= 0.6 is 0 Å². The molecular formula is C17H33N3O3. The maximum absolute atomic E-state index is 12.1. The van der Waals surface area contributed by atoms with Gasteiger partial charge in [0.25, 0.3) is 0 Å². The molecule has 0 bridgehead atoms. The van der Waals surface area contributed by atoms with Crippen molar-refractivity contribution >= 4 is 12.0 Å². The summed E-state index contributed by atoms with van der Waals surface area (Å²) in [5.74, 6) is 0.122. The number of ether oxygens (including phenoxy) is 1. The van der Waals surface area contributed by atoms with Gasteiger partial charge in [-0.25, -0.2) is 4.79 Å². The van der Waals surface area contributed by atoms with E-state index in [2.05, 4.69) is 24.1 Å². The average Bonchev–Trinajstić information content (AvgIpc) is 2.54. The predicted molar refractivity (Wildman–Crippen MR) is 91.4 cm³/mol. The third kappa shape index (κ3) is 7.68. The first-order chi connectivity index (χ1) is 11.1. The van der Waals surface area contributed by atoms with Crippen LogP contribution in [0.5, 0.6) is 0 Å². The number of carbonyl (C=O) groups is 2. The molecule has 1 aliphatic rings. The largest absolute Gasteiger partial charge is 0.450 e. The van der Waals surface area contributed by atoms with E-state index >= 15 is 0 Å². The zero-order chi connectivity index (χ0) is 17.1. The Balaban J connectivity index is 2.24. The Morgan fingerprint density at radius 2 is 1.70 bits per heavy atom. The maximum Gasteiger partial charge on any atom is 0.409 e. The predicted octanol–water partition coefficient (Wildman–Crippen LogP) is 2.24. The van der Waals surface area contributed by atoms with Crippen molar-refractivity contribution in [3.8, 4) is 0 Å². The van der Waals surface area contributed by atoms with Crippen LogP contribution in [-0.4, -0.2) is 67.2 Å². The van der Waals surface area contributed by atoms with Gasteiger partial charge in [-0.1, -0.05) is 13.8 Å². The van der Waals surface area contributed by atoms with E-state index in [1.54, 1.807) is 4.90 Å². The Morgan fingerprint density at radius 1 is 1.09 bits per heavy atom. The Bertz CT molecular complexity index is 349. The van der Waals surface area contributed by atoms with Crippen LogP contribution < -0.4 is 5.32 Å². The lowest BCUT2D eigenvalue weighted by Gasteiger charge is -2.31. The van der Waals surface area contributed by atoms with E-state index in [1.807, 2.05) is 6.92 Å². The molecule has 1 fully saturated rings. The number of carbonyl (C=O) groups excluding carboxylic acids is 2. The van der Waals surface area contributed by atoms with Gasteiger partial charge in [0.15, 0.2) is 0 Å². The summed E-state index contributed by atoms with van der Waals surface area (Å²) in [4.78, 5) is 27.8. The molecule has 0 aromatic carbocycles. The van der Waals surface area contributed by atoms with Gasteiger partial charge in [0.05, 0.1) is 6.61 Å². The van der Waals surface area contributed by atoms with E-state index < -0.39 is 0 Å². The standard InChI is InChI=1S/C17H33N3O3/c1-4-10-19(11-5-2)12-9-16(21)18-15-7-13-20(14-8-15)17(22)23-6-3/h15H,4-14H2,1-3H3,(H,18,21). The first-order valence-electron chi connectivity index (χ1n) is 9.04. The second-order valence-electron chi connectivity index (χ2n) is 6.12. The van der Waals surface area contributed by atoms with Gasteiger partial charge in [-0.15, -0.1) is 0 Å². The van der Waals surface area contributed by atoms with E-state index in [-0.39, 0.29) is 18.0 Å². The highest BCUT2D eigenvalue weighted by molar-refractivity contribution is 5.76. The molecule has 0 aliphatic carbocycles. The van der Waals surface area contributed by atoms with Gasteiger partial charge < -0.3 is 19.9 Å². The highest BCUT2D eigenvalue weighted by atomic mass is 16.6. The highest BCUT2D eigenvalue weighted by Gasteiger charge is 2.24. The number of rotatable bonds is 9. The number of nitrogens with one attached hydrogen (secondary N) is 1. The van der Waals surface area contributed by atoms with Crippen molar-refractivity contribution in [1.29, 1.82) is 0 Å². The summed E-state index contributed by atoms with van der Waals surface area (Å²) in [6.07, 6.45) is 4.16. The molecule has 6 heteroatoms. The van der Waals surface area contributed by atoms with Crippen molar-refractivity contribution in [3.05, 3.63) is 0 Å². The molecule has 1 saturated heterocycles. The van der Waals surface area contributed by atoms with Crippen molar-refractivity contribution in [1.82, 2.24) is 15.1 Å². The van der Waals surface area contributed by atoms with Crippen molar-refractivity contribution in [2.75, 3.05) is 39.3 Å². The monoisotopic (exact) mass is 327 g/mol. The molecule has 0 spiro atoms. The molecule has 0 radical (unpaired) electrons. The quantitative estimate of drug-likeness (QED) is 0.705. The Hall–Kier alpha value is -1.30. The minimum Gasteiger partial charge on any atom is -0.450 e. The van der Waals surface area contributed by atoms with Crippen LogP contribution in [0.3, 0.4) is 0 Å². The first-order valence-corrected chi connectivity index (χ1v) is 9.04. The van der Waals surface area contributed by atoms with Gasteiger partial charge in [-0.3, -0.25) is 4.79 Å². The van der Waals surface area contributed by atoms with Crippen LogP contribution in [0.25, 0.3) is 0 Å². The lowest BCUT2D eigenvalue weighted by Crippen LogP contribution is -2.47. The van der Waals surface area contributed by atoms with Crippen molar-refractivity contribution in [2.45, 2.75) is 58.9 Å². The van der Waals surface area contributed by atoms with Gasteiger partial charge in [0.2, 0.25) is 5.91 Å². The summed E-state index contributed by atoms with van der Waals surface area (Å²) in [5.41, 5.74) is 0. The van der Waals surface area contributed by atoms with Gasteiger partial charge in [0, 0.05) is 32.1 Å². The van der Waals surface area contributed by atoms with Crippen LogP contribution in [0.2, 0.25) is 0 Å². The molecule has 2 amide bonds. The second kappa shape index (κ2) is 11.3. The molecule has 6 nitrogen and oxygen atoms in total. The van der Waals surface area contributed by atoms with Crippen molar-refractivity contribution < 1.29 is 14.3 Å². The van der Waals surface area contributed by atoms with Gasteiger partial charge in [0.1, 0.15) is 0 Å². The zero-order valence-corrected chi connectivity index (χ0v) is 15.0. The maximum atomic E-state index is 12.1. The van der Waals surface area contributed by atoms with Crippen LogP contribution in [0.15, 0.2) is 0 Å². The molecule has 1 heterocycles.